The predicted molar refractivity (Wildman–Crippen MR) is 80.1 cm³/mol. The summed E-state index contributed by atoms with van der Waals surface area (Å²) in [6, 6.07) is 7.94. The maximum atomic E-state index is 11.9. The molecule has 0 spiro atoms. The van der Waals surface area contributed by atoms with Gasteiger partial charge in [-0.05, 0) is 31.7 Å². The first kappa shape index (κ1) is 16.4. The lowest BCUT2D eigenvalue weighted by Crippen LogP contribution is -2.26. The van der Waals surface area contributed by atoms with Gasteiger partial charge in [0.25, 0.3) is 0 Å². The van der Waals surface area contributed by atoms with Gasteiger partial charge in [0.15, 0.2) is 0 Å². The Labute approximate surface area is 113 Å². The molecule has 0 saturated heterocycles. The zero-order chi connectivity index (χ0) is 13.1. The van der Waals surface area contributed by atoms with Gasteiger partial charge in [0.2, 0.25) is 0 Å². The number of hydrogen-bond acceptors (Lipinski definition) is 2. The molecule has 1 aromatic rings. The van der Waals surface area contributed by atoms with Gasteiger partial charge >= 0.3 is 0 Å². The molecular formula is C13H20FNS2. The summed E-state index contributed by atoms with van der Waals surface area (Å²) in [5.74, 6) is 0.900. The first-order valence-corrected chi connectivity index (χ1v) is 7.17. The molecule has 0 aliphatic rings. The fourth-order valence-corrected chi connectivity index (χ4v) is 2.41. The van der Waals surface area contributed by atoms with Crippen LogP contribution in [0.3, 0.4) is 0 Å². The van der Waals surface area contributed by atoms with E-state index < -0.39 is 0 Å². The van der Waals surface area contributed by atoms with E-state index in [1.807, 2.05) is 0 Å². The second kappa shape index (κ2) is 10.5. The SMILES string of the molecule is CCSC(=S)N(CC)CC.Fc1ccccc1. The molecule has 17 heavy (non-hydrogen) atoms. The van der Waals surface area contributed by atoms with Gasteiger partial charge in [0.1, 0.15) is 10.1 Å². The molecule has 0 fully saturated rings. The zero-order valence-corrected chi connectivity index (χ0v) is 12.3. The highest BCUT2D eigenvalue weighted by Gasteiger charge is 2.02. The maximum Gasteiger partial charge on any atom is 0.136 e. The summed E-state index contributed by atoms with van der Waals surface area (Å²) in [6.07, 6.45) is 0. The van der Waals surface area contributed by atoms with E-state index in [2.05, 4.69) is 25.7 Å². The Kier molecular flexibility index (Phi) is 10.2. The van der Waals surface area contributed by atoms with E-state index >= 15 is 0 Å². The molecule has 0 aliphatic carbocycles. The molecular weight excluding hydrogens is 253 g/mol. The van der Waals surface area contributed by atoms with E-state index in [1.54, 1.807) is 30.0 Å². The Morgan fingerprint density at radius 1 is 1.18 bits per heavy atom. The largest absolute Gasteiger partial charge is 0.358 e. The smallest absolute Gasteiger partial charge is 0.136 e. The number of halogens is 1. The van der Waals surface area contributed by atoms with Gasteiger partial charge < -0.3 is 4.90 Å². The van der Waals surface area contributed by atoms with Crippen LogP contribution in [0.4, 0.5) is 4.39 Å². The van der Waals surface area contributed by atoms with Gasteiger partial charge in [-0.1, -0.05) is 49.1 Å². The van der Waals surface area contributed by atoms with Gasteiger partial charge in [-0.25, -0.2) is 4.39 Å². The fraction of sp³-hybridized carbons (Fsp3) is 0.462. The minimum absolute atomic E-state index is 0.178. The summed E-state index contributed by atoms with van der Waals surface area (Å²) < 4.78 is 12.9. The lowest BCUT2D eigenvalue weighted by atomic mass is 10.4. The van der Waals surface area contributed by atoms with Gasteiger partial charge in [-0.15, -0.1) is 0 Å². The van der Waals surface area contributed by atoms with Crippen LogP contribution in [-0.2, 0) is 0 Å². The van der Waals surface area contributed by atoms with Gasteiger partial charge in [0.05, 0.1) is 0 Å². The highest BCUT2D eigenvalue weighted by atomic mass is 32.2. The number of hydrogen-bond donors (Lipinski definition) is 0. The first-order chi connectivity index (χ1) is 8.15. The number of thiocarbonyl (C=S) groups is 1. The molecule has 0 unspecified atom stereocenters. The zero-order valence-electron chi connectivity index (χ0n) is 10.6. The molecule has 0 amide bonds. The Bertz CT molecular complexity index is 300. The maximum absolute atomic E-state index is 11.9. The van der Waals surface area contributed by atoms with Crippen LogP contribution in [-0.4, -0.2) is 28.1 Å². The van der Waals surface area contributed by atoms with Crippen LogP contribution < -0.4 is 0 Å². The third-order valence-corrected chi connectivity index (χ3v) is 3.43. The molecule has 0 heterocycles. The Morgan fingerprint density at radius 3 is 2.00 bits per heavy atom. The van der Waals surface area contributed by atoms with Crippen molar-refractivity contribution in [3.63, 3.8) is 0 Å². The summed E-state index contributed by atoms with van der Waals surface area (Å²) in [4.78, 5) is 2.20. The molecule has 0 radical (unpaired) electrons. The normalized spacial score (nSPS) is 9.18. The van der Waals surface area contributed by atoms with Crippen LogP contribution in [0.25, 0.3) is 0 Å². The standard InChI is InChI=1S/C7H15NS2.C6H5F/c1-4-8(5-2)7(9)10-6-3;7-6-4-2-1-3-5-6/h4-6H2,1-3H3;1-5H. The Balaban J connectivity index is 0.000000318. The minimum atomic E-state index is -0.178. The van der Waals surface area contributed by atoms with Crippen molar-refractivity contribution in [3.8, 4) is 0 Å². The highest BCUT2D eigenvalue weighted by molar-refractivity contribution is 8.22. The monoisotopic (exact) mass is 273 g/mol. The van der Waals surface area contributed by atoms with Crippen molar-refractivity contribution in [3.05, 3.63) is 36.1 Å². The van der Waals surface area contributed by atoms with Crippen molar-refractivity contribution < 1.29 is 4.39 Å². The number of benzene rings is 1. The van der Waals surface area contributed by atoms with Crippen LogP contribution in [0.15, 0.2) is 30.3 Å². The Morgan fingerprint density at radius 2 is 1.71 bits per heavy atom. The van der Waals surface area contributed by atoms with Crippen LogP contribution in [0.1, 0.15) is 20.8 Å². The van der Waals surface area contributed by atoms with Crippen molar-refractivity contribution in [2.45, 2.75) is 20.8 Å². The fourth-order valence-electron chi connectivity index (χ4n) is 1.11. The minimum Gasteiger partial charge on any atom is -0.358 e. The predicted octanol–water partition coefficient (Wildman–Crippen LogP) is 4.19. The highest BCUT2D eigenvalue weighted by Crippen LogP contribution is 2.07. The number of nitrogens with zero attached hydrogens (tertiary/aromatic N) is 1. The van der Waals surface area contributed by atoms with Gasteiger partial charge in [0, 0.05) is 13.1 Å². The van der Waals surface area contributed by atoms with Crippen LogP contribution >= 0.6 is 24.0 Å². The summed E-state index contributed by atoms with van der Waals surface area (Å²) in [7, 11) is 0. The second-order valence-corrected chi connectivity index (χ2v) is 5.06. The molecule has 0 aromatic heterocycles. The molecule has 1 nitrogen and oxygen atoms in total. The molecule has 1 aromatic carbocycles. The molecule has 0 aliphatic heterocycles. The van der Waals surface area contributed by atoms with E-state index in [0.29, 0.717) is 0 Å². The molecule has 1 rings (SSSR count). The first-order valence-electron chi connectivity index (χ1n) is 5.77. The lowest BCUT2D eigenvalue weighted by molar-refractivity contribution is 0.482. The van der Waals surface area contributed by atoms with E-state index in [1.165, 1.54) is 12.1 Å². The number of rotatable bonds is 3. The average Bonchev–Trinajstić information content (AvgIpc) is 2.33. The van der Waals surface area contributed by atoms with E-state index in [4.69, 9.17) is 12.2 Å². The van der Waals surface area contributed by atoms with E-state index in [0.717, 1.165) is 23.2 Å². The van der Waals surface area contributed by atoms with Crippen molar-refractivity contribution in [2.75, 3.05) is 18.8 Å². The second-order valence-electron chi connectivity index (χ2n) is 3.17. The van der Waals surface area contributed by atoms with Crippen molar-refractivity contribution in [1.82, 2.24) is 4.90 Å². The summed E-state index contributed by atoms with van der Waals surface area (Å²) >= 11 is 6.91. The van der Waals surface area contributed by atoms with Crippen molar-refractivity contribution >= 4 is 28.3 Å². The molecule has 0 N–H and O–H groups in total. The van der Waals surface area contributed by atoms with Gasteiger partial charge in [-0.2, -0.15) is 0 Å². The Hall–Kier alpha value is -0.610. The topological polar surface area (TPSA) is 3.24 Å². The quantitative estimate of drug-likeness (QED) is 0.760. The molecule has 0 atom stereocenters. The molecule has 4 heteroatoms. The van der Waals surface area contributed by atoms with Crippen molar-refractivity contribution in [1.29, 1.82) is 0 Å². The average molecular weight is 273 g/mol. The summed E-state index contributed by atoms with van der Waals surface area (Å²) in [6.45, 7) is 8.45. The van der Waals surface area contributed by atoms with Gasteiger partial charge in [-0.3, -0.25) is 0 Å². The van der Waals surface area contributed by atoms with E-state index in [-0.39, 0.29) is 5.82 Å². The van der Waals surface area contributed by atoms with Crippen LogP contribution in [0.2, 0.25) is 0 Å². The van der Waals surface area contributed by atoms with Crippen LogP contribution in [0.5, 0.6) is 0 Å². The third kappa shape index (κ3) is 8.16. The molecule has 0 bridgehead atoms. The summed E-state index contributed by atoms with van der Waals surface area (Å²) in [5.41, 5.74) is 0. The molecule has 96 valence electrons. The van der Waals surface area contributed by atoms with E-state index in [9.17, 15) is 4.39 Å². The summed E-state index contributed by atoms with van der Waals surface area (Å²) in [5, 5.41) is 0. The van der Waals surface area contributed by atoms with Crippen LogP contribution in [0, 0.1) is 5.82 Å². The number of thioether (sulfide) groups is 1. The third-order valence-electron chi connectivity index (χ3n) is 2.02. The molecule has 0 saturated carbocycles. The van der Waals surface area contributed by atoms with Crippen molar-refractivity contribution in [2.24, 2.45) is 0 Å². The lowest BCUT2D eigenvalue weighted by Gasteiger charge is -2.20.